The Labute approximate surface area is 144 Å². The van der Waals surface area contributed by atoms with Gasteiger partial charge in [0.1, 0.15) is 16.8 Å². The van der Waals surface area contributed by atoms with Gasteiger partial charge in [-0.1, -0.05) is 0 Å². The number of nitrogens with zero attached hydrogens (tertiary/aromatic N) is 3. The van der Waals surface area contributed by atoms with E-state index in [4.69, 9.17) is 4.74 Å². The summed E-state index contributed by atoms with van der Waals surface area (Å²) in [7, 11) is 1.52. The molecule has 0 spiro atoms. The molecule has 0 bridgehead atoms. The molecular formula is C13H12BrN5O5. The smallest absolute Gasteiger partial charge is 0.404 e. The maximum atomic E-state index is 11.8. The number of halogens is 1. The summed E-state index contributed by atoms with van der Waals surface area (Å²) in [6, 6.07) is 5.79. The average Bonchev–Trinajstić information content (AvgIpc) is 2.88. The quantitative estimate of drug-likeness (QED) is 0.585. The average molecular weight is 398 g/mol. The monoisotopic (exact) mass is 397 g/mol. The molecule has 2 aromatic rings. The summed E-state index contributed by atoms with van der Waals surface area (Å²) in [6.45, 7) is -0.345. The molecule has 0 aliphatic rings. The van der Waals surface area contributed by atoms with Gasteiger partial charge in [0.2, 0.25) is 0 Å². The molecule has 3 amide bonds. The second kappa shape index (κ2) is 7.55. The van der Waals surface area contributed by atoms with Crippen molar-refractivity contribution in [1.82, 2.24) is 15.1 Å². The first-order chi connectivity index (χ1) is 11.4. The van der Waals surface area contributed by atoms with E-state index in [-0.39, 0.29) is 11.0 Å². The standard InChI is InChI=1S/C13H12BrN5O5/c1-24-9-4-2-8(3-5-9)15-13(21)16-11(20)7-18-6-10(14)12(17-18)19(22)23/h2-6H,7H2,1H3,(H2,15,16,20,21). The zero-order valence-electron chi connectivity index (χ0n) is 12.4. The first-order valence-corrected chi connectivity index (χ1v) is 7.30. The van der Waals surface area contributed by atoms with Gasteiger partial charge in [0.25, 0.3) is 5.91 Å². The molecule has 1 aromatic heterocycles. The highest BCUT2D eigenvalue weighted by atomic mass is 79.9. The number of rotatable bonds is 5. The van der Waals surface area contributed by atoms with E-state index < -0.39 is 22.7 Å². The van der Waals surface area contributed by atoms with Crippen molar-refractivity contribution in [1.29, 1.82) is 0 Å². The number of anilines is 1. The summed E-state index contributed by atoms with van der Waals surface area (Å²) < 4.78 is 6.19. The van der Waals surface area contributed by atoms with E-state index in [1.54, 1.807) is 24.3 Å². The van der Waals surface area contributed by atoms with E-state index in [1.165, 1.54) is 13.3 Å². The van der Waals surface area contributed by atoms with Crippen LogP contribution in [0.3, 0.4) is 0 Å². The van der Waals surface area contributed by atoms with Gasteiger partial charge in [-0.05, 0) is 45.1 Å². The SMILES string of the molecule is COc1ccc(NC(=O)NC(=O)Cn2cc(Br)c([N+](=O)[O-])n2)cc1. The van der Waals surface area contributed by atoms with Gasteiger partial charge in [-0.3, -0.25) is 10.1 Å². The highest BCUT2D eigenvalue weighted by Gasteiger charge is 2.20. The predicted molar refractivity (Wildman–Crippen MR) is 86.7 cm³/mol. The third-order valence-corrected chi connectivity index (χ3v) is 3.34. The molecule has 0 saturated heterocycles. The number of methoxy groups -OCH3 is 1. The number of benzene rings is 1. The van der Waals surface area contributed by atoms with Crippen molar-refractivity contribution in [3.63, 3.8) is 0 Å². The van der Waals surface area contributed by atoms with Crippen LogP contribution in [0.1, 0.15) is 0 Å². The first-order valence-electron chi connectivity index (χ1n) is 6.51. The molecule has 10 nitrogen and oxygen atoms in total. The van der Waals surface area contributed by atoms with Crippen molar-refractivity contribution in [2.45, 2.75) is 6.54 Å². The lowest BCUT2D eigenvalue weighted by Gasteiger charge is -2.07. The maximum Gasteiger partial charge on any atom is 0.404 e. The van der Waals surface area contributed by atoms with Gasteiger partial charge in [-0.15, -0.1) is 0 Å². The van der Waals surface area contributed by atoms with Crippen LogP contribution >= 0.6 is 15.9 Å². The molecule has 0 saturated carbocycles. The first kappa shape index (κ1) is 17.4. The third kappa shape index (κ3) is 4.52. The van der Waals surface area contributed by atoms with Gasteiger partial charge in [0, 0.05) is 5.69 Å². The number of aromatic nitrogens is 2. The Morgan fingerprint density at radius 1 is 1.38 bits per heavy atom. The summed E-state index contributed by atoms with van der Waals surface area (Å²) in [5.74, 6) is -0.459. The number of nitrogens with one attached hydrogen (secondary N) is 2. The Balaban J connectivity index is 1.90. The number of hydrogen-bond donors (Lipinski definition) is 2. The van der Waals surface area contributed by atoms with E-state index in [0.29, 0.717) is 11.4 Å². The molecule has 0 aliphatic heterocycles. The van der Waals surface area contributed by atoms with Crippen molar-refractivity contribution in [3.05, 3.63) is 45.0 Å². The van der Waals surface area contributed by atoms with Crippen LogP contribution in [0.4, 0.5) is 16.3 Å². The van der Waals surface area contributed by atoms with Crippen molar-refractivity contribution in [2.24, 2.45) is 0 Å². The molecule has 0 fully saturated rings. The zero-order valence-corrected chi connectivity index (χ0v) is 13.9. The molecule has 0 radical (unpaired) electrons. The topological polar surface area (TPSA) is 128 Å². The normalized spacial score (nSPS) is 10.1. The fourth-order valence-electron chi connectivity index (χ4n) is 1.74. The Morgan fingerprint density at radius 3 is 2.58 bits per heavy atom. The Hall–Kier alpha value is -2.95. The molecule has 0 atom stereocenters. The minimum Gasteiger partial charge on any atom is -0.497 e. The Bertz CT molecular complexity index is 774. The summed E-state index contributed by atoms with van der Waals surface area (Å²) in [4.78, 5) is 33.5. The summed E-state index contributed by atoms with van der Waals surface area (Å²) >= 11 is 2.97. The number of carbonyl (C=O) groups excluding carboxylic acids is 2. The number of amides is 3. The summed E-state index contributed by atoms with van der Waals surface area (Å²) in [6.07, 6.45) is 1.28. The van der Waals surface area contributed by atoms with Crippen molar-refractivity contribution < 1.29 is 19.2 Å². The van der Waals surface area contributed by atoms with Crippen LogP contribution in [-0.2, 0) is 11.3 Å². The molecule has 1 aromatic carbocycles. The van der Waals surface area contributed by atoms with Crippen molar-refractivity contribution in [3.8, 4) is 5.75 Å². The van der Waals surface area contributed by atoms with Gasteiger partial charge < -0.3 is 20.2 Å². The second-order valence-corrected chi connectivity index (χ2v) is 5.34. The highest BCUT2D eigenvalue weighted by Crippen LogP contribution is 2.21. The molecule has 0 unspecified atom stereocenters. The van der Waals surface area contributed by atoms with E-state index >= 15 is 0 Å². The van der Waals surface area contributed by atoms with Gasteiger partial charge in [0.15, 0.2) is 0 Å². The van der Waals surface area contributed by atoms with Crippen LogP contribution in [-0.4, -0.2) is 33.8 Å². The van der Waals surface area contributed by atoms with E-state index in [0.717, 1.165) is 4.68 Å². The second-order valence-electron chi connectivity index (χ2n) is 4.49. The van der Waals surface area contributed by atoms with Crippen LogP contribution in [0.25, 0.3) is 0 Å². The summed E-state index contributed by atoms with van der Waals surface area (Å²) in [5.41, 5.74) is 0.471. The van der Waals surface area contributed by atoms with Gasteiger partial charge >= 0.3 is 11.8 Å². The Kier molecular flexibility index (Phi) is 5.47. The number of ether oxygens (including phenoxy) is 1. The minimum atomic E-state index is -0.731. The number of nitro groups is 1. The van der Waals surface area contributed by atoms with E-state index in [2.05, 4.69) is 31.7 Å². The molecule has 0 aliphatic carbocycles. The third-order valence-electron chi connectivity index (χ3n) is 2.78. The van der Waals surface area contributed by atoms with Gasteiger partial charge in [-0.25, -0.2) is 4.79 Å². The molecular weight excluding hydrogens is 386 g/mol. The van der Waals surface area contributed by atoms with E-state index in [1.807, 2.05) is 0 Å². The zero-order chi connectivity index (χ0) is 17.7. The van der Waals surface area contributed by atoms with Crippen LogP contribution in [0.15, 0.2) is 34.9 Å². The molecule has 2 rings (SSSR count). The molecule has 126 valence electrons. The predicted octanol–water partition coefficient (Wildman–Crippen LogP) is 1.91. The van der Waals surface area contributed by atoms with Crippen LogP contribution in [0.5, 0.6) is 5.75 Å². The minimum absolute atomic E-state index is 0.142. The Morgan fingerprint density at radius 2 is 2.04 bits per heavy atom. The van der Waals surface area contributed by atoms with Gasteiger partial charge in [0.05, 0.1) is 18.4 Å². The number of hydrogen-bond acceptors (Lipinski definition) is 6. The van der Waals surface area contributed by atoms with E-state index in [9.17, 15) is 19.7 Å². The highest BCUT2D eigenvalue weighted by molar-refractivity contribution is 9.10. The summed E-state index contributed by atoms with van der Waals surface area (Å²) in [5, 5.41) is 18.9. The lowest BCUT2D eigenvalue weighted by molar-refractivity contribution is -0.390. The number of urea groups is 1. The molecule has 1 heterocycles. The number of carbonyl (C=O) groups is 2. The van der Waals surface area contributed by atoms with Crippen molar-refractivity contribution in [2.75, 3.05) is 12.4 Å². The lowest BCUT2D eigenvalue weighted by atomic mass is 10.3. The number of imide groups is 1. The van der Waals surface area contributed by atoms with Crippen LogP contribution in [0.2, 0.25) is 0 Å². The van der Waals surface area contributed by atoms with Crippen LogP contribution in [0, 0.1) is 10.1 Å². The largest absolute Gasteiger partial charge is 0.497 e. The van der Waals surface area contributed by atoms with Crippen LogP contribution < -0.4 is 15.4 Å². The van der Waals surface area contributed by atoms with Gasteiger partial charge in [-0.2, -0.15) is 4.68 Å². The lowest BCUT2D eigenvalue weighted by Crippen LogP contribution is -2.36. The van der Waals surface area contributed by atoms with Crippen molar-refractivity contribution >= 4 is 39.4 Å². The molecule has 11 heteroatoms. The fraction of sp³-hybridized carbons (Fsp3) is 0.154. The maximum absolute atomic E-state index is 11.8. The fourth-order valence-corrected chi connectivity index (χ4v) is 2.20. The molecule has 2 N–H and O–H groups in total. The molecule has 24 heavy (non-hydrogen) atoms.